The number of hydrogen-bond donors (Lipinski definition) is 0. The normalized spacial score (nSPS) is 19.3. The zero-order valence-corrected chi connectivity index (χ0v) is 19.0. The highest BCUT2D eigenvalue weighted by Gasteiger charge is 2.33. The summed E-state index contributed by atoms with van der Waals surface area (Å²) in [6.07, 6.45) is 8.74. The van der Waals surface area contributed by atoms with Gasteiger partial charge in [0, 0.05) is 11.3 Å². The molecule has 1 aromatic carbocycles. The number of carbonyl (C=O) groups excluding carboxylic acids is 1. The molecule has 0 spiro atoms. The number of ether oxygens (including phenoxy) is 1. The lowest BCUT2D eigenvalue weighted by Gasteiger charge is -2.35. The number of sulfone groups is 1. The van der Waals surface area contributed by atoms with Crippen molar-refractivity contribution in [3.05, 3.63) is 30.3 Å². The van der Waals surface area contributed by atoms with Gasteiger partial charge in [0.15, 0.2) is 9.84 Å². The van der Waals surface area contributed by atoms with Crippen LogP contribution in [0, 0.1) is 5.92 Å². The van der Waals surface area contributed by atoms with Crippen molar-refractivity contribution in [2.75, 3.05) is 7.11 Å². The maximum atomic E-state index is 12.7. The number of fused-ring (bicyclic) bond motifs is 1. The zero-order chi connectivity index (χ0) is 21.9. The van der Waals surface area contributed by atoms with E-state index in [0.717, 1.165) is 18.4 Å². The molecule has 2 aliphatic rings. The van der Waals surface area contributed by atoms with Crippen LogP contribution >= 0.6 is 0 Å². The van der Waals surface area contributed by atoms with Gasteiger partial charge in [-0.05, 0) is 43.9 Å². The van der Waals surface area contributed by atoms with E-state index in [1.54, 1.807) is 36.4 Å². The molecule has 1 fully saturated rings. The average molecular weight is 433 g/mol. The number of hydrogen-bond acceptors (Lipinski definition) is 6. The van der Waals surface area contributed by atoms with Gasteiger partial charge >= 0.3 is 5.97 Å². The van der Waals surface area contributed by atoms with Crippen LogP contribution in [-0.2, 0) is 19.4 Å². The summed E-state index contributed by atoms with van der Waals surface area (Å²) in [6.45, 7) is 7.76. The molecule has 0 aromatic heterocycles. The van der Waals surface area contributed by atoms with Gasteiger partial charge in [-0.1, -0.05) is 45.6 Å². The maximum Gasteiger partial charge on any atom is 0.328 e. The number of aliphatic imine (C=N–C) groups is 1. The first kappa shape index (κ1) is 22.5. The van der Waals surface area contributed by atoms with Gasteiger partial charge in [-0.25, -0.2) is 18.2 Å². The summed E-state index contributed by atoms with van der Waals surface area (Å²) < 4.78 is 30.5. The van der Waals surface area contributed by atoms with Crippen molar-refractivity contribution in [2.24, 2.45) is 10.9 Å². The number of esters is 1. The van der Waals surface area contributed by atoms with Gasteiger partial charge in [-0.3, -0.25) is 0 Å². The topological polar surface area (TPSA) is 76.0 Å². The quantitative estimate of drug-likeness (QED) is 0.583. The molecule has 3 rings (SSSR count). The van der Waals surface area contributed by atoms with E-state index in [2.05, 4.69) is 11.6 Å². The lowest BCUT2D eigenvalue weighted by Crippen LogP contribution is -2.42. The fraction of sp³-hybridized carbons (Fsp3) is 0.565. The molecule has 0 amide bonds. The highest BCUT2D eigenvalue weighted by molar-refractivity contribution is 7.92. The first-order chi connectivity index (χ1) is 14.3. The van der Waals surface area contributed by atoms with Crippen molar-refractivity contribution < 1.29 is 17.9 Å². The molecule has 0 saturated heterocycles. The van der Waals surface area contributed by atoms with Crippen LogP contribution in [0.1, 0.15) is 64.4 Å². The number of rotatable bonds is 7. The number of nitrogens with zero attached hydrogens (tertiary/aromatic N) is 2. The minimum absolute atomic E-state index is 0.265. The Kier molecular flexibility index (Phi) is 7.01. The SMILES string of the molecule is C=C1c2ccc(S(=O)(=O)C(C)CC)cc2N=CN1C(CC1CCCCC1)C(=O)OC. The van der Waals surface area contributed by atoms with Crippen LogP contribution in [0.15, 0.2) is 34.7 Å². The highest BCUT2D eigenvalue weighted by Crippen LogP contribution is 2.37. The second-order valence-electron chi connectivity index (χ2n) is 8.32. The van der Waals surface area contributed by atoms with E-state index in [0.29, 0.717) is 30.1 Å². The van der Waals surface area contributed by atoms with Crippen LogP contribution in [0.5, 0.6) is 0 Å². The van der Waals surface area contributed by atoms with Crippen molar-refractivity contribution in [2.45, 2.75) is 75.0 Å². The molecule has 1 saturated carbocycles. The largest absolute Gasteiger partial charge is 0.467 e. The molecule has 1 aromatic rings. The fourth-order valence-corrected chi connectivity index (χ4v) is 5.73. The van der Waals surface area contributed by atoms with Crippen molar-refractivity contribution in [3.8, 4) is 0 Å². The lowest BCUT2D eigenvalue weighted by molar-refractivity contribution is -0.145. The number of carbonyl (C=O) groups is 1. The smallest absolute Gasteiger partial charge is 0.328 e. The van der Waals surface area contributed by atoms with E-state index in [1.807, 2.05) is 6.92 Å². The third-order valence-corrected chi connectivity index (χ3v) is 8.74. The summed E-state index contributed by atoms with van der Waals surface area (Å²) in [6, 6.07) is 4.47. The molecule has 0 radical (unpaired) electrons. The molecular formula is C23H32N2O4S. The van der Waals surface area contributed by atoms with E-state index >= 15 is 0 Å². The fourth-order valence-electron chi connectivity index (χ4n) is 4.29. The van der Waals surface area contributed by atoms with Crippen LogP contribution in [0.4, 0.5) is 5.69 Å². The Hall–Kier alpha value is -2.15. The predicted octanol–water partition coefficient (Wildman–Crippen LogP) is 4.72. The molecule has 6 nitrogen and oxygen atoms in total. The maximum absolute atomic E-state index is 12.7. The van der Waals surface area contributed by atoms with Gasteiger partial charge in [0.05, 0.1) is 29.3 Å². The van der Waals surface area contributed by atoms with Gasteiger partial charge in [0.1, 0.15) is 6.04 Å². The third-order valence-electron chi connectivity index (χ3n) is 6.44. The molecule has 0 bridgehead atoms. The molecule has 30 heavy (non-hydrogen) atoms. The third kappa shape index (κ3) is 4.46. The van der Waals surface area contributed by atoms with Crippen LogP contribution in [0.25, 0.3) is 5.70 Å². The molecule has 7 heteroatoms. The van der Waals surface area contributed by atoms with E-state index in [1.165, 1.54) is 26.4 Å². The van der Waals surface area contributed by atoms with Crippen LogP contribution in [0.2, 0.25) is 0 Å². The van der Waals surface area contributed by atoms with E-state index in [4.69, 9.17) is 4.74 Å². The van der Waals surface area contributed by atoms with E-state index < -0.39 is 21.1 Å². The number of methoxy groups -OCH3 is 1. The van der Waals surface area contributed by atoms with Gasteiger partial charge in [-0.2, -0.15) is 0 Å². The second kappa shape index (κ2) is 9.33. The zero-order valence-electron chi connectivity index (χ0n) is 18.1. The number of benzene rings is 1. The van der Waals surface area contributed by atoms with Crippen molar-refractivity contribution in [1.29, 1.82) is 0 Å². The molecule has 164 valence electrons. The molecular weight excluding hydrogens is 400 g/mol. The molecule has 1 heterocycles. The summed E-state index contributed by atoms with van der Waals surface area (Å²) >= 11 is 0. The van der Waals surface area contributed by atoms with Gasteiger partial charge in [0.25, 0.3) is 0 Å². The first-order valence-corrected chi connectivity index (χ1v) is 12.3. The molecule has 2 atom stereocenters. The Morgan fingerprint density at radius 3 is 2.63 bits per heavy atom. The summed E-state index contributed by atoms with van der Waals surface area (Å²) in [5.41, 5.74) is 1.93. The second-order valence-corrected chi connectivity index (χ2v) is 10.7. The lowest BCUT2D eigenvalue weighted by atomic mass is 9.84. The van der Waals surface area contributed by atoms with Gasteiger partial charge < -0.3 is 9.64 Å². The Morgan fingerprint density at radius 1 is 1.30 bits per heavy atom. The minimum atomic E-state index is -3.40. The Morgan fingerprint density at radius 2 is 2.00 bits per heavy atom. The molecule has 1 aliphatic carbocycles. The Balaban J connectivity index is 1.88. The van der Waals surface area contributed by atoms with Crippen molar-refractivity contribution in [3.63, 3.8) is 0 Å². The van der Waals surface area contributed by atoms with E-state index in [9.17, 15) is 13.2 Å². The van der Waals surface area contributed by atoms with Gasteiger partial charge in [-0.15, -0.1) is 0 Å². The minimum Gasteiger partial charge on any atom is -0.467 e. The Bertz CT molecular complexity index is 933. The summed E-state index contributed by atoms with van der Waals surface area (Å²) in [7, 11) is -1.99. The summed E-state index contributed by atoms with van der Waals surface area (Å²) in [5.74, 6) is 0.182. The predicted molar refractivity (Wildman–Crippen MR) is 119 cm³/mol. The van der Waals surface area contributed by atoms with Crippen molar-refractivity contribution >= 4 is 33.5 Å². The van der Waals surface area contributed by atoms with Crippen LogP contribution < -0.4 is 0 Å². The van der Waals surface area contributed by atoms with Crippen molar-refractivity contribution in [1.82, 2.24) is 4.90 Å². The first-order valence-electron chi connectivity index (χ1n) is 10.8. The highest BCUT2D eigenvalue weighted by atomic mass is 32.2. The average Bonchev–Trinajstić information content (AvgIpc) is 2.77. The monoisotopic (exact) mass is 432 g/mol. The summed E-state index contributed by atoms with van der Waals surface area (Å²) in [4.78, 5) is 19.1. The van der Waals surface area contributed by atoms with Crippen LogP contribution in [0.3, 0.4) is 0 Å². The van der Waals surface area contributed by atoms with Crippen LogP contribution in [-0.4, -0.2) is 44.0 Å². The molecule has 2 unspecified atom stereocenters. The standard InChI is InChI=1S/C23H32N2O4S/c1-5-16(2)30(27,28)19-11-12-20-17(3)25(15-24-21(20)14-19)22(23(26)29-4)13-18-9-7-6-8-10-18/h11-12,14-16,18,22H,3,5-10,13H2,1-2,4H3. The summed E-state index contributed by atoms with van der Waals surface area (Å²) in [5, 5.41) is -0.456. The van der Waals surface area contributed by atoms with E-state index in [-0.39, 0.29) is 10.9 Å². The Labute approximate surface area is 179 Å². The molecule has 1 aliphatic heterocycles. The van der Waals surface area contributed by atoms with Gasteiger partial charge in [0.2, 0.25) is 0 Å². The molecule has 0 N–H and O–H groups in total.